The quantitative estimate of drug-likeness (QED) is 0.515. The first-order valence-corrected chi connectivity index (χ1v) is 15.2. The van der Waals surface area contributed by atoms with Crippen LogP contribution in [0.15, 0.2) is 0 Å². The minimum atomic E-state index is -2.37. The fraction of sp³-hybridized carbons (Fsp3) is 1.00. The maximum absolute atomic E-state index is 6.35. The number of epoxide rings is 1. The first-order chi connectivity index (χ1) is 9.48. The summed E-state index contributed by atoms with van der Waals surface area (Å²) in [6.07, 6.45) is 1.42. The molecule has 3 fully saturated rings. The number of ether oxygens (including phenoxy) is 2. The molecule has 20 heavy (non-hydrogen) atoms. The maximum atomic E-state index is 6.35. The van der Waals surface area contributed by atoms with Gasteiger partial charge in [0.15, 0.2) is 0 Å². The summed E-state index contributed by atoms with van der Waals surface area (Å²) in [6, 6.07) is 0. The molecule has 3 rings (SSSR count). The second-order valence-corrected chi connectivity index (χ2v) is 15.0. The Morgan fingerprint density at radius 2 is 1.80 bits per heavy atom. The zero-order chi connectivity index (χ0) is 14.3. The molecule has 3 atom stereocenters. The molecule has 0 N–H and O–H groups in total. The fourth-order valence-corrected chi connectivity index (χ4v) is 16.5. The van der Waals surface area contributed by atoms with E-state index >= 15 is 0 Å². The van der Waals surface area contributed by atoms with Gasteiger partial charge in [-0.3, -0.25) is 0 Å². The molecule has 10 heteroatoms. The average Bonchev–Trinajstić information content (AvgIpc) is 3.02. The molecule has 3 heterocycles. The molecule has 0 amide bonds. The Balaban J connectivity index is 1.76. The zero-order valence-corrected chi connectivity index (χ0v) is 16.5. The standard InChI is InChI=1S/C10H22O6Si4/c1-17-13-18(2)15-20(4,16-19(3)14-17)9-5-6-11-7-8-10(9)12-8/h8-10,17H,5-7H2,1-4H3. The molecule has 0 bridgehead atoms. The lowest BCUT2D eigenvalue weighted by atomic mass is 10.2. The van der Waals surface area contributed by atoms with Gasteiger partial charge < -0.3 is 25.9 Å². The Bertz CT molecular complexity index is 347. The molecule has 0 aromatic carbocycles. The van der Waals surface area contributed by atoms with Crippen molar-refractivity contribution in [3.8, 4) is 0 Å². The number of hydrogen-bond acceptors (Lipinski definition) is 6. The topological polar surface area (TPSA) is 58.7 Å². The van der Waals surface area contributed by atoms with Crippen molar-refractivity contribution in [2.75, 3.05) is 13.2 Å². The van der Waals surface area contributed by atoms with E-state index in [4.69, 9.17) is 25.9 Å². The lowest BCUT2D eigenvalue weighted by Gasteiger charge is -2.39. The third-order valence-electron chi connectivity index (χ3n) is 3.90. The Morgan fingerprint density at radius 1 is 1.15 bits per heavy atom. The van der Waals surface area contributed by atoms with E-state index in [9.17, 15) is 0 Å². The fourth-order valence-electron chi connectivity index (χ4n) is 3.06. The van der Waals surface area contributed by atoms with Crippen molar-refractivity contribution in [3.63, 3.8) is 0 Å². The summed E-state index contributed by atoms with van der Waals surface area (Å²) in [4.78, 5) is 0. The van der Waals surface area contributed by atoms with Gasteiger partial charge in [-0.1, -0.05) is 0 Å². The summed E-state index contributed by atoms with van der Waals surface area (Å²) in [6.45, 7) is 9.74. The molecule has 2 radical (unpaired) electrons. The van der Waals surface area contributed by atoms with Crippen LogP contribution in [-0.4, -0.2) is 61.8 Å². The summed E-state index contributed by atoms with van der Waals surface area (Å²) < 4.78 is 35.9. The van der Waals surface area contributed by atoms with Gasteiger partial charge in [-0.15, -0.1) is 0 Å². The van der Waals surface area contributed by atoms with Crippen molar-refractivity contribution in [3.05, 3.63) is 0 Å². The summed E-state index contributed by atoms with van der Waals surface area (Å²) in [5, 5.41) is 0. The van der Waals surface area contributed by atoms with E-state index in [-0.39, 0.29) is 12.2 Å². The van der Waals surface area contributed by atoms with Crippen molar-refractivity contribution in [2.45, 2.75) is 50.4 Å². The van der Waals surface area contributed by atoms with Crippen LogP contribution in [0, 0.1) is 0 Å². The highest BCUT2D eigenvalue weighted by Crippen LogP contribution is 2.45. The van der Waals surface area contributed by atoms with Gasteiger partial charge in [0.2, 0.25) is 0 Å². The Morgan fingerprint density at radius 3 is 2.45 bits per heavy atom. The molecular formula is C10H22O6Si4. The molecule has 3 aliphatic rings. The second kappa shape index (κ2) is 6.02. The minimum absolute atomic E-state index is 0.236. The average molecular weight is 351 g/mol. The summed E-state index contributed by atoms with van der Waals surface area (Å²) in [7, 11) is -6.56. The van der Waals surface area contributed by atoms with Crippen molar-refractivity contribution in [1.82, 2.24) is 0 Å². The predicted molar refractivity (Wildman–Crippen MR) is 80.1 cm³/mol. The van der Waals surface area contributed by atoms with Gasteiger partial charge in [0.05, 0.1) is 12.7 Å². The molecule has 114 valence electrons. The Hall–Kier alpha value is 0.628. The Kier molecular flexibility index (Phi) is 4.67. The highest BCUT2D eigenvalue weighted by molar-refractivity contribution is 6.82. The molecule has 0 aromatic rings. The van der Waals surface area contributed by atoms with Crippen molar-refractivity contribution in [2.24, 2.45) is 0 Å². The van der Waals surface area contributed by atoms with E-state index in [0.717, 1.165) is 13.0 Å². The normalized spacial score (nSPS) is 48.0. The van der Waals surface area contributed by atoms with Gasteiger partial charge >= 0.3 is 27.1 Å². The summed E-state index contributed by atoms with van der Waals surface area (Å²) in [5.41, 5.74) is 0.317. The van der Waals surface area contributed by atoms with Crippen molar-refractivity contribution in [1.29, 1.82) is 0 Å². The first kappa shape index (κ1) is 15.5. The van der Waals surface area contributed by atoms with E-state index in [1.54, 1.807) is 0 Å². The largest absolute Gasteiger partial charge is 0.417 e. The highest BCUT2D eigenvalue weighted by atomic mass is 28.5. The number of hydrogen-bond donors (Lipinski definition) is 0. The SMILES string of the molecule is C[Si]1O[SiH](C)O[Si](C)O[Si](C)(C2CCOCC3OC32)O1. The van der Waals surface area contributed by atoms with Crippen LogP contribution in [0.5, 0.6) is 0 Å². The van der Waals surface area contributed by atoms with E-state index in [1.165, 1.54) is 0 Å². The van der Waals surface area contributed by atoms with Gasteiger partial charge in [-0.2, -0.15) is 0 Å². The molecule has 0 saturated carbocycles. The molecule has 0 spiro atoms. The van der Waals surface area contributed by atoms with Crippen LogP contribution in [0.4, 0.5) is 0 Å². The molecule has 3 aliphatic heterocycles. The lowest BCUT2D eigenvalue weighted by Crippen LogP contribution is -2.56. The lowest BCUT2D eigenvalue weighted by molar-refractivity contribution is 0.107. The van der Waals surface area contributed by atoms with Crippen LogP contribution in [0.25, 0.3) is 0 Å². The molecule has 6 nitrogen and oxygen atoms in total. The van der Waals surface area contributed by atoms with Crippen molar-refractivity contribution < 1.29 is 25.9 Å². The third-order valence-corrected chi connectivity index (χ3v) is 16.7. The van der Waals surface area contributed by atoms with E-state index in [2.05, 4.69) is 6.55 Å². The number of fused-ring (bicyclic) bond motifs is 1. The van der Waals surface area contributed by atoms with E-state index in [1.807, 2.05) is 19.6 Å². The van der Waals surface area contributed by atoms with E-state index < -0.39 is 36.4 Å². The molecule has 0 aliphatic carbocycles. The summed E-state index contributed by atoms with van der Waals surface area (Å²) in [5.74, 6) is 0. The van der Waals surface area contributed by atoms with Crippen LogP contribution in [0.3, 0.4) is 0 Å². The first-order valence-electron chi connectivity index (χ1n) is 7.09. The smallest absolute Gasteiger partial charge is 0.362 e. The van der Waals surface area contributed by atoms with Crippen LogP contribution >= 0.6 is 0 Å². The summed E-state index contributed by atoms with van der Waals surface area (Å²) >= 11 is 0. The van der Waals surface area contributed by atoms with Crippen LogP contribution in [0.2, 0.25) is 31.7 Å². The monoisotopic (exact) mass is 350 g/mol. The molecule has 0 aromatic heterocycles. The highest BCUT2D eigenvalue weighted by Gasteiger charge is 2.58. The molecular weight excluding hydrogens is 328 g/mol. The van der Waals surface area contributed by atoms with Gasteiger partial charge in [0.25, 0.3) is 9.28 Å². The van der Waals surface area contributed by atoms with E-state index in [0.29, 0.717) is 12.1 Å². The van der Waals surface area contributed by atoms with Gasteiger partial charge in [0, 0.05) is 12.1 Å². The van der Waals surface area contributed by atoms with Crippen molar-refractivity contribution >= 4 is 36.4 Å². The Labute approximate surface area is 126 Å². The molecule has 3 unspecified atom stereocenters. The van der Waals surface area contributed by atoms with Crippen LogP contribution in [-0.2, 0) is 25.9 Å². The minimum Gasteiger partial charge on any atom is -0.417 e. The second-order valence-electron chi connectivity index (χ2n) is 5.62. The van der Waals surface area contributed by atoms with Crippen LogP contribution in [0.1, 0.15) is 6.42 Å². The zero-order valence-electron chi connectivity index (χ0n) is 12.4. The molecule has 3 saturated heterocycles. The maximum Gasteiger partial charge on any atom is 0.362 e. The third kappa shape index (κ3) is 3.34. The van der Waals surface area contributed by atoms with Gasteiger partial charge in [-0.05, 0) is 32.6 Å². The predicted octanol–water partition coefficient (Wildman–Crippen LogP) is 0.783. The van der Waals surface area contributed by atoms with Gasteiger partial charge in [-0.25, -0.2) is 0 Å². The number of rotatable bonds is 1. The van der Waals surface area contributed by atoms with Crippen LogP contribution < -0.4 is 0 Å². The van der Waals surface area contributed by atoms with Gasteiger partial charge in [0.1, 0.15) is 6.10 Å².